The number of benzene rings is 1. The number of alkyl halides is 3. The van der Waals surface area contributed by atoms with Gasteiger partial charge in [-0.1, -0.05) is 0 Å². The quantitative estimate of drug-likeness (QED) is 0.909. The molecule has 1 N–H and O–H groups in total. The average molecular weight is 289 g/mol. The summed E-state index contributed by atoms with van der Waals surface area (Å²) in [6.45, 7) is 2.02. The molecule has 1 aromatic carbocycles. The molecule has 4 nitrogen and oxygen atoms in total. The van der Waals surface area contributed by atoms with Crippen LogP contribution >= 0.6 is 0 Å². The molecule has 1 aliphatic rings. The van der Waals surface area contributed by atoms with Gasteiger partial charge >= 0.3 is 12.1 Å². The van der Waals surface area contributed by atoms with Crippen molar-refractivity contribution in [3.8, 4) is 0 Å². The van der Waals surface area contributed by atoms with Gasteiger partial charge in [0.15, 0.2) is 0 Å². The van der Waals surface area contributed by atoms with Crippen LogP contribution in [-0.2, 0) is 10.9 Å². The van der Waals surface area contributed by atoms with E-state index in [9.17, 15) is 18.0 Å². The van der Waals surface area contributed by atoms with Gasteiger partial charge in [-0.05, 0) is 24.6 Å². The smallest absolute Gasteiger partial charge is 0.416 e. The van der Waals surface area contributed by atoms with E-state index in [1.165, 1.54) is 6.07 Å². The van der Waals surface area contributed by atoms with E-state index < -0.39 is 17.7 Å². The van der Waals surface area contributed by atoms with Gasteiger partial charge < -0.3 is 14.7 Å². The Hall–Kier alpha value is -1.76. The van der Waals surface area contributed by atoms with Gasteiger partial charge in [0.25, 0.3) is 0 Å². The van der Waals surface area contributed by atoms with Crippen molar-refractivity contribution in [1.82, 2.24) is 0 Å². The molecule has 1 aliphatic heterocycles. The lowest BCUT2D eigenvalue weighted by Crippen LogP contribution is -2.28. The van der Waals surface area contributed by atoms with Crippen LogP contribution in [0.2, 0.25) is 0 Å². The standard InChI is InChI=1S/C13H14F3NO3/c14-13(15,16)9-2-3-11(10(8-9)12(18)19)17-4-1-6-20-7-5-17/h2-3,8H,1,4-7H2,(H,18,19). The zero-order chi connectivity index (χ0) is 14.8. The molecule has 1 heterocycles. The van der Waals surface area contributed by atoms with Crippen molar-refractivity contribution in [3.05, 3.63) is 29.3 Å². The van der Waals surface area contributed by atoms with E-state index in [0.717, 1.165) is 6.07 Å². The molecule has 0 aromatic heterocycles. The van der Waals surface area contributed by atoms with Gasteiger partial charge in [-0.15, -0.1) is 0 Å². The van der Waals surface area contributed by atoms with Crippen LogP contribution in [0.5, 0.6) is 0 Å². The highest BCUT2D eigenvalue weighted by atomic mass is 19.4. The number of carboxylic acid groups (broad SMARTS) is 1. The van der Waals surface area contributed by atoms with Crippen LogP contribution in [0.1, 0.15) is 22.3 Å². The number of ether oxygens (including phenoxy) is 1. The molecule has 0 amide bonds. The number of hydrogen-bond donors (Lipinski definition) is 1. The molecule has 110 valence electrons. The Labute approximate surface area is 113 Å². The maximum atomic E-state index is 12.6. The Bertz CT molecular complexity index is 494. The summed E-state index contributed by atoms with van der Waals surface area (Å²) in [5.41, 5.74) is -0.984. The van der Waals surface area contributed by atoms with Gasteiger partial charge in [-0.25, -0.2) is 4.79 Å². The number of nitrogens with zero attached hydrogens (tertiary/aromatic N) is 1. The number of carbonyl (C=O) groups is 1. The fourth-order valence-electron chi connectivity index (χ4n) is 2.15. The van der Waals surface area contributed by atoms with Crippen LogP contribution in [0.25, 0.3) is 0 Å². The van der Waals surface area contributed by atoms with Crippen LogP contribution in [0.15, 0.2) is 18.2 Å². The highest BCUT2D eigenvalue weighted by molar-refractivity contribution is 5.94. The van der Waals surface area contributed by atoms with Gasteiger partial charge in [-0.2, -0.15) is 13.2 Å². The largest absolute Gasteiger partial charge is 0.478 e. The summed E-state index contributed by atoms with van der Waals surface area (Å²) in [5, 5.41) is 9.13. The molecule has 0 radical (unpaired) electrons. The molecule has 7 heteroatoms. The monoisotopic (exact) mass is 289 g/mol. The molecule has 0 saturated carbocycles. The first-order valence-electron chi connectivity index (χ1n) is 6.17. The van der Waals surface area contributed by atoms with E-state index in [1.54, 1.807) is 4.90 Å². The second-order valence-electron chi connectivity index (χ2n) is 4.49. The summed E-state index contributed by atoms with van der Waals surface area (Å²) in [5.74, 6) is -1.36. The van der Waals surface area contributed by atoms with E-state index >= 15 is 0 Å². The fraction of sp³-hybridized carbons (Fsp3) is 0.462. The third kappa shape index (κ3) is 3.22. The second kappa shape index (κ2) is 5.70. The highest BCUT2D eigenvalue weighted by Crippen LogP contribution is 2.33. The first kappa shape index (κ1) is 14.6. The van der Waals surface area contributed by atoms with Gasteiger partial charge in [0.05, 0.1) is 23.4 Å². The third-order valence-corrected chi connectivity index (χ3v) is 3.12. The van der Waals surface area contributed by atoms with Crippen molar-refractivity contribution in [2.24, 2.45) is 0 Å². The maximum absolute atomic E-state index is 12.6. The molecule has 2 rings (SSSR count). The first-order valence-corrected chi connectivity index (χ1v) is 6.17. The molecule has 0 spiro atoms. The molecule has 0 bridgehead atoms. The molecule has 0 unspecified atom stereocenters. The number of carboxylic acids is 1. The normalized spacial score (nSPS) is 16.9. The lowest BCUT2D eigenvalue weighted by atomic mass is 10.1. The second-order valence-corrected chi connectivity index (χ2v) is 4.49. The van der Waals surface area contributed by atoms with Crippen molar-refractivity contribution in [3.63, 3.8) is 0 Å². The van der Waals surface area contributed by atoms with Crippen molar-refractivity contribution < 1.29 is 27.8 Å². The minimum atomic E-state index is -4.55. The highest BCUT2D eigenvalue weighted by Gasteiger charge is 2.32. The summed E-state index contributed by atoms with van der Waals surface area (Å²) in [4.78, 5) is 13.0. The van der Waals surface area contributed by atoms with E-state index in [1.807, 2.05) is 0 Å². The summed E-state index contributed by atoms with van der Waals surface area (Å²) < 4.78 is 43.2. The van der Waals surface area contributed by atoms with Crippen molar-refractivity contribution >= 4 is 11.7 Å². The third-order valence-electron chi connectivity index (χ3n) is 3.12. The van der Waals surface area contributed by atoms with Crippen LogP contribution in [0.3, 0.4) is 0 Å². The van der Waals surface area contributed by atoms with Crippen LogP contribution < -0.4 is 4.90 Å². The van der Waals surface area contributed by atoms with Crippen LogP contribution in [0.4, 0.5) is 18.9 Å². The number of halogens is 3. The van der Waals surface area contributed by atoms with Gasteiger partial charge in [0, 0.05) is 19.7 Å². The lowest BCUT2D eigenvalue weighted by molar-refractivity contribution is -0.137. The molecule has 0 aliphatic carbocycles. The van der Waals surface area contributed by atoms with Crippen LogP contribution in [-0.4, -0.2) is 37.4 Å². The van der Waals surface area contributed by atoms with E-state index in [4.69, 9.17) is 9.84 Å². The predicted molar refractivity (Wildman–Crippen MR) is 66.1 cm³/mol. The minimum Gasteiger partial charge on any atom is -0.478 e. The molecule has 1 fully saturated rings. The van der Waals surface area contributed by atoms with Gasteiger partial charge in [0.1, 0.15) is 0 Å². The predicted octanol–water partition coefficient (Wildman–Crippen LogP) is 2.63. The molecule has 1 aromatic rings. The maximum Gasteiger partial charge on any atom is 0.416 e. The number of anilines is 1. The Morgan fingerprint density at radius 1 is 1.25 bits per heavy atom. The van der Waals surface area contributed by atoms with Gasteiger partial charge in [-0.3, -0.25) is 0 Å². The Morgan fingerprint density at radius 2 is 2.00 bits per heavy atom. The molecular formula is C13H14F3NO3. The summed E-state index contributed by atoms with van der Waals surface area (Å²) in [7, 11) is 0. The van der Waals surface area contributed by atoms with Crippen molar-refractivity contribution in [1.29, 1.82) is 0 Å². The van der Waals surface area contributed by atoms with E-state index in [-0.39, 0.29) is 5.56 Å². The molecule has 1 saturated heterocycles. The SMILES string of the molecule is O=C(O)c1cc(C(F)(F)F)ccc1N1CCCOCC1. The van der Waals surface area contributed by atoms with E-state index in [0.29, 0.717) is 44.5 Å². The fourth-order valence-corrected chi connectivity index (χ4v) is 2.15. The summed E-state index contributed by atoms with van der Waals surface area (Å²) >= 11 is 0. The zero-order valence-electron chi connectivity index (χ0n) is 10.6. The Morgan fingerprint density at radius 3 is 2.65 bits per heavy atom. The van der Waals surface area contributed by atoms with Crippen molar-refractivity contribution in [2.45, 2.75) is 12.6 Å². The number of hydrogen-bond acceptors (Lipinski definition) is 3. The van der Waals surface area contributed by atoms with E-state index in [2.05, 4.69) is 0 Å². The Balaban J connectivity index is 2.39. The Kier molecular flexibility index (Phi) is 4.17. The summed E-state index contributed by atoms with van der Waals surface area (Å²) in [6.07, 6.45) is -3.84. The zero-order valence-corrected chi connectivity index (χ0v) is 10.6. The number of aromatic carboxylic acids is 1. The topological polar surface area (TPSA) is 49.8 Å². The molecular weight excluding hydrogens is 275 g/mol. The first-order chi connectivity index (χ1) is 9.39. The molecule has 20 heavy (non-hydrogen) atoms. The minimum absolute atomic E-state index is 0.302. The van der Waals surface area contributed by atoms with Crippen LogP contribution in [0, 0.1) is 0 Å². The van der Waals surface area contributed by atoms with Gasteiger partial charge in [0.2, 0.25) is 0 Å². The lowest BCUT2D eigenvalue weighted by Gasteiger charge is -2.24. The number of rotatable bonds is 2. The average Bonchev–Trinajstić information content (AvgIpc) is 2.65. The van der Waals surface area contributed by atoms with Crippen molar-refractivity contribution in [2.75, 3.05) is 31.2 Å². The summed E-state index contributed by atoms with van der Waals surface area (Å²) in [6, 6.07) is 2.81. The molecule has 0 atom stereocenters.